The van der Waals surface area contributed by atoms with Gasteiger partial charge in [-0.15, -0.1) is 0 Å². The summed E-state index contributed by atoms with van der Waals surface area (Å²) in [6.07, 6.45) is 0. The van der Waals surface area contributed by atoms with Gasteiger partial charge in [-0.1, -0.05) is 0 Å². The average molecular weight is 382 g/mol. The van der Waals surface area contributed by atoms with Gasteiger partial charge in [0.1, 0.15) is 24.0 Å². The van der Waals surface area contributed by atoms with Crippen LogP contribution in [0.1, 0.15) is 17.1 Å². The number of fused-ring (bicyclic) bond motifs is 4. The first-order chi connectivity index (χ1) is 13.3. The molecule has 2 aliphatic heterocycles. The minimum atomic E-state index is -2.07. The summed E-state index contributed by atoms with van der Waals surface area (Å²) in [6, 6.07) is 6.31. The first-order valence-electron chi connectivity index (χ1n) is 7.81. The molecule has 4 N–H and O–H groups in total. The van der Waals surface area contributed by atoms with Crippen LogP contribution in [-0.4, -0.2) is 15.9 Å². The first-order valence-corrected chi connectivity index (χ1v) is 7.81. The van der Waals surface area contributed by atoms with Crippen molar-refractivity contribution in [2.24, 2.45) is 5.73 Å². The van der Waals surface area contributed by atoms with E-state index in [-0.39, 0.29) is 28.5 Å². The second-order valence-electron chi connectivity index (χ2n) is 6.04. The summed E-state index contributed by atoms with van der Waals surface area (Å²) in [5.41, 5.74) is 2.44. The Bertz CT molecular complexity index is 1210. The van der Waals surface area contributed by atoms with Gasteiger partial charge in [-0.3, -0.25) is 19.7 Å². The number of nitro groups is 1. The van der Waals surface area contributed by atoms with E-state index in [0.29, 0.717) is 0 Å². The number of nitrogens with two attached hydrogens (primary N) is 1. The van der Waals surface area contributed by atoms with Crippen molar-refractivity contribution < 1.29 is 24.0 Å². The fraction of sp³-hybridized carbons (Fsp3) is 0.118. The van der Waals surface area contributed by atoms with Crippen LogP contribution in [0.4, 0.5) is 11.4 Å². The molecule has 1 spiro atoms. The minimum Gasteiger partial charge on any atom is -0.457 e. The Morgan fingerprint density at radius 2 is 2.11 bits per heavy atom. The Balaban J connectivity index is 2.18. The Labute approximate surface area is 155 Å². The zero-order chi connectivity index (χ0) is 20.2. The summed E-state index contributed by atoms with van der Waals surface area (Å²) in [5, 5.41) is 32.8. The molecule has 1 unspecified atom stereocenters. The van der Waals surface area contributed by atoms with Crippen molar-refractivity contribution in [3.63, 3.8) is 0 Å². The van der Waals surface area contributed by atoms with E-state index in [2.05, 4.69) is 5.32 Å². The normalized spacial score (nSPS) is 19.5. The van der Waals surface area contributed by atoms with E-state index in [9.17, 15) is 30.1 Å². The average Bonchev–Trinajstić information content (AvgIpc) is 2.95. The first kappa shape index (κ1) is 17.3. The summed E-state index contributed by atoms with van der Waals surface area (Å²) >= 11 is 0. The van der Waals surface area contributed by atoms with Crippen molar-refractivity contribution >= 4 is 17.3 Å². The van der Waals surface area contributed by atoms with Gasteiger partial charge in [0.05, 0.1) is 4.92 Å². The summed E-state index contributed by atoms with van der Waals surface area (Å²) in [5.74, 6) is -2.32. The zero-order valence-corrected chi connectivity index (χ0v) is 13.9. The molecule has 0 fully saturated rings. The van der Waals surface area contributed by atoms with Crippen LogP contribution in [0.25, 0.3) is 0 Å². The van der Waals surface area contributed by atoms with Crippen molar-refractivity contribution in [3.8, 4) is 11.8 Å². The molecule has 1 amide bonds. The van der Waals surface area contributed by atoms with E-state index in [1.807, 2.05) is 0 Å². The van der Waals surface area contributed by atoms with Gasteiger partial charge >= 0.3 is 0 Å². The van der Waals surface area contributed by atoms with Crippen LogP contribution >= 0.6 is 0 Å². The number of ether oxygens (including phenoxy) is 1. The van der Waals surface area contributed by atoms with Crippen LogP contribution in [0.2, 0.25) is 0 Å². The predicted octanol–water partition coefficient (Wildman–Crippen LogP) is 0.365. The van der Waals surface area contributed by atoms with Crippen LogP contribution in [0.5, 0.6) is 5.75 Å². The van der Waals surface area contributed by atoms with Crippen molar-refractivity contribution in [1.82, 2.24) is 0 Å². The minimum absolute atomic E-state index is 0.00832. The summed E-state index contributed by atoms with van der Waals surface area (Å²) < 4.78 is 10.8. The standard InChI is InChI=1S/C17H10N4O7/c18-5-10-15(19)28-13-12(23)4-8(6-22)27-14(13)17(10)9-3-7(21(25)26)1-2-11(9)20-16(17)24/h1-4,22H,6,19H2,(H,20,24). The van der Waals surface area contributed by atoms with E-state index < -0.39 is 45.5 Å². The largest absolute Gasteiger partial charge is 0.457 e. The molecule has 0 radical (unpaired) electrons. The number of rotatable bonds is 2. The topological polar surface area (TPSA) is 182 Å². The number of anilines is 1. The molecule has 0 aliphatic carbocycles. The van der Waals surface area contributed by atoms with Crippen LogP contribution in [0, 0.1) is 21.4 Å². The number of hydrogen-bond acceptors (Lipinski definition) is 9. The van der Waals surface area contributed by atoms with E-state index in [1.165, 1.54) is 12.1 Å². The molecule has 4 rings (SSSR count). The monoisotopic (exact) mass is 382 g/mol. The molecule has 1 aromatic carbocycles. The number of nitriles is 1. The van der Waals surface area contributed by atoms with Crippen LogP contribution in [-0.2, 0) is 16.8 Å². The van der Waals surface area contributed by atoms with Gasteiger partial charge < -0.3 is 25.3 Å². The predicted molar refractivity (Wildman–Crippen MR) is 90.9 cm³/mol. The van der Waals surface area contributed by atoms with Gasteiger partial charge in [-0.25, -0.2) is 0 Å². The highest BCUT2D eigenvalue weighted by molar-refractivity contribution is 6.12. The zero-order valence-electron chi connectivity index (χ0n) is 13.9. The molecule has 3 heterocycles. The number of carbonyl (C=O) groups excluding carboxylic acids is 1. The maximum Gasteiger partial charge on any atom is 0.269 e. The summed E-state index contributed by atoms with van der Waals surface area (Å²) in [6.45, 7) is -0.664. The van der Waals surface area contributed by atoms with Gasteiger partial charge in [0.15, 0.2) is 11.2 Å². The lowest BCUT2D eigenvalue weighted by molar-refractivity contribution is -0.384. The Kier molecular flexibility index (Phi) is 3.49. The third kappa shape index (κ3) is 2.00. The summed E-state index contributed by atoms with van der Waals surface area (Å²) in [4.78, 5) is 36.1. The van der Waals surface area contributed by atoms with Crippen LogP contribution < -0.4 is 21.2 Å². The molecule has 11 nitrogen and oxygen atoms in total. The number of hydrogen-bond donors (Lipinski definition) is 3. The maximum atomic E-state index is 13.1. The fourth-order valence-corrected chi connectivity index (χ4v) is 3.43. The third-order valence-corrected chi connectivity index (χ3v) is 4.60. The number of amides is 1. The van der Waals surface area contributed by atoms with Gasteiger partial charge in [-0.2, -0.15) is 5.26 Å². The van der Waals surface area contributed by atoms with E-state index in [1.54, 1.807) is 6.07 Å². The second kappa shape index (κ2) is 5.66. The van der Waals surface area contributed by atoms with Crippen molar-refractivity contribution in [2.75, 3.05) is 5.32 Å². The number of aliphatic hydroxyl groups is 1. The fourth-order valence-electron chi connectivity index (χ4n) is 3.43. The van der Waals surface area contributed by atoms with Gasteiger partial charge in [-0.05, 0) is 6.07 Å². The number of nitro benzene ring substituents is 1. The SMILES string of the molecule is N#CC1=C(N)Oc2c(oc(CO)cc2=O)C12C(=O)Nc1ccc([N+](=O)[O-])cc12. The lowest BCUT2D eigenvalue weighted by atomic mass is 9.71. The number of nitrogens with one attached hydrogen (secondary N) is 1. The Morgan fingerprint density at radius 1 is 1.36 bits per heavy atom. The molecular formula is C17H10N4O7. The Morgan fingerprint density at radius 3 is 2.75 bits per heavy atom. The Hall–Kier alpha value is -4.17. The number of aliphatic hydroxyl groups excluding tert-OH is 1. The highest BCUT2D eigenvalue weighted by atomic mass is 16.6. The lowest BCUT2D eigenvalue weighted by Crippen LogP contribution is -2.43. The molecule has 2 aromatic rings. The van der Waals surface area contributed by atoms with E-state index in [0.717, 1.165) is 12.1 Å². The number of non-ortho nitro benzene ring substituents is 1. The molecule has 1 atom stereocenters. The molecule has 1 aromatic heterocycles. The van der Waals surface area contributed by atoms with Crippen molar-refractivity contribution in [1.29, 1.82) is 5.26 Å². The van der Waals surface area contributed by atoms with Gasteiger partial charge in [0, 0.05) is 29.4 Å². The quantitative estimate of drug-likeness (QED) is 0.488. The lowest BCUT2D eigenvalue weighted by Gasteiger charge is -2.31. The number of carbonyl (C=O) groups is 1. The van der Waals surface area contributed by atoms with E-state index >= 15 is 0 Å². The highest BCUT2D eigenvalue weighted by Crippen LogP contribution is 2.53. The maximum absolute atomic E-state index is 13.1. The second-order valence-corrected chi connectivity index (χ2v) is 6.04. The molecule has 2 aliphatic rings. The van der Waals surface area contributed by atoms with Gasteiger partial charge in [0.2, 0.25) is 23.0 Å². The highest BCUT2D eigenvalue weighted by Gasteiger charge is 2.59. The van der Waals surface area contributed by atoms with Crippen molar-refractivity contribution in [3.05, 3.63) is 73.1 Å². The number of nitrogens with zero attached hydrogens (tertiary/aromatic N) is 2. The molecule has 11 heteroatoms. The van der Waals surface area contributed by atoms with Crippen LogP contribution in [0.15, 0.2) is 44.9 Å². The third-order valence-electron chi connectivity index (χ3n) is 4.60. The van der Waals surface area contributed by atoms with Gasteiger partial charge in [0.25, 0.3) is 5.69 Å². The molecule has 28 heavy (non-hydrogen) atoms. The summed E-state index contributed by atoms with van der Waals surface area (Å²) in [7, 11) is 0. The smallest absolute Gasteiger partial charge is 0.269 e. The molecule has 0 bridgehead atoms. The molecular weight excluding hydrogens is 372 g/mol. The van der Waals surface area contributed by atoms with Crippen molar-refractivity contribution in [2.45, 2.75) is 12.0 Å². The number of benzene rings is 1. The van der Waals surface area contributed by atoms with E-state index in [4.69, 9.17) is 14.9 Å². The molecule has 0 saturated heterocycles. The molecule has 140 valence electrons. The van der Waals surface area contributed by atoms with Crippen LogP contribution in [0.3, 0.4) is 0 Å². The molecule has 0 saturated carbocycles.